The largest absolute Gasteiger partial charge is 0.383 e. The minimum absolute atomic E-state index is 0.584. The second-order valence-electron chi connectivity index (χ2n) is 3.33. The number of hydrogen-bond acceptors (Lipinski definition) is 5. The summed E-state index contributed by atoms with van der Waals surface area (Å²) >= 11 is 0. The van der Waals surface area contributed by atoms with Crippen molar-refractivity contribution in [3.63, 3.8) is 0 Å². The van der Waals surface area contributed by atoms with E-state index in [2.05, 4.69) is 9.97 Å². The van der Waals surface area contributed by atoms with Crippen molar-refractivity contribution in [3.8, 4) is 0 Å². The fourth-order valence-electron chi connectivity index (χ4n) is 1.22. The zero-order chi connectivity index (χ0) is 11.1. The van der Waals surface area contributed by atoms with Crippen LogP contribution in [0.3, 0.4) is 0 Å². The molecular weight excluding hydrogens is 192 g/mol. The summed E-state index contributed by atoms with van der Waals surface area (Å²) < 4.78 is 5.03. The summed E-state index contributed by atoms with van der Waals surface area (Å²) in [5, 5.41) is 0. The Morgan fingerprint density at radius 1 is 1.33 bits per heavy atom. The summed E-state index contributed by atoms with van der Waals surface area (Å²) in [7, 11) is 1.68. The predicted molar refractivity (Wildman–Crippen MR) is 59.9 cm³/mol. The number of ether oxygens (including phenoxy) is 1. The van der Waals surface area contributed by atoms with Gasteiger partial charge in [-0.25, -0.2) is 9.97 Å². The maximum Gasteiger partial charge on any atom is 0.225 e. The molecular formula is C10H18N4O. The Morgan fingerprint density at radius 3 is 2.53 bits per heavy atom. The van der Waals surface area contributed by atoms with Crippen LogP contribution in [0.25, 0.3) is 0 Å². The molecule has 0 unspecified atom stereocenters. The average Bonchev–Trinajstić information content (AvgIpc) is 2.25. The second-order valence-corrected chi connectivity index (χ2v) is 3.33. The van der Waals surface area contributed by atoms with Crippen molar-refractivity contribution in [1.82, 2.24) is 9.97 Å². The number of methoxy groups -OCH3 is 1. The lowest BCUT2D eigenvalue weighted by atomic mass is 10.4. The van der Waals surface area contributed by atoms with Gasteiger partial charge >= 0.3 is 0 Å². The Balaban J connectivity index is 2.65. The highest BCUT2D eigenvalue weighted by atomic mass is 16.5. The van der Waals surface area contributed by atoms with E-state index in [4.69, 9.17) is 10.5 Å². The van der Waals surface area contributed by atoms with Crippen molar-refractivity contribution in [2.75, 3.05) is 38.3 Å². The van der Waals surface area contributed by atoms with Gasteiger partial charge in [0, 0.05) is 39.1 Å². The minimum atomic E-state index is 0.584. The van der Waals surface area contributed by atoms with Crippen LogP contribution in [-0.2, 0) is 4.74 Å². The first-order valence-corrected chi connectivity index (χ1v) is 5.00. The summed E-state index contributed by atoms with van der Waals surface area (Å²) in [5.74, 6) is 0.711. The Labute approximate surface area is 90.3 Å². The smallest absolute Gasteiger partial charge is 0.225 e. The maximum absolute atomic E-state index is 5.53. The molecule has 84 valence electrons. The monoisotopic (exact) mass is 210 g/mol. The molecule has 0 fully saturated rings. The average molecular weight is 210 g/mol. The van der Waals surface area contributed by atoms with Crippen LogP contribution in [0.4, 0.5) is 5.95 Å². The lowest BCUT2D eigenvalue weighted by molar-refractivity contribution is 0.205. The number of anilines is 1. The van der Waals surface area contributed by atoms with Crippen molar-refractivity contribution in [3.05, 3.63) is 18.0 Å². The Hall–Kier alpha value is -1.20. The number of aryl methyl sites for hydroxylation is 1. The molecule has 0 aliphatic rings. The number of aromatic nitrogens is 2. The molecule has 1 aromatic heterocycles. The van der Waals surface area contributed by atoms with Crippen LogP contribution in [0, 0.1) is 6.92 Å². The Morgan fingerprint density at radius 2 is 2.00 bits per heavy atom. The van der Waals surface area contributed by atoms with Crippen LogP contribution in [0.1, 0.15) is 5.56 Å². The first kappa shape index (κ1) is 11.9. The summed E-state index contributed by atoms with van der Waals surface area (Å²) in [6, 6.07) is 0. The summed E-state index contributed by atoms with van der Waals surface area (Å²) in [4.78, 5) is 10.5. The van der Waals surface area contributed by atoms with Gasteiger partial charge in [0.15, 0.2) is 0 Å². The van der Waals surface area contributed by atoms with E-state index < -0.39 is 0 Å². The molecule has 0 aliphatic carbocycles. The van der Waals surface area contributed by atoms with Crippen LogP contribution in [0.2, 0.25) is 0 Å². The quantitative estimate of drug-likeness (QED) is 0.726. The van der Waals surface area contributed by atoms with E-state index in [0.29, 0.717) is 19.1 Å². The van der Waals surface area contributed by atoms with Crippen molar-refractivity contribution >= 4 is 5.95 Å². The molecule has 0 saturated heterocycles. The zero-order valence-electron chi connectivity index (χ0n) is 9.31. The van der Waals surface area contributed by atoms with E-state index in [0.717, 1.165) is 18.7 Å². The van der Waals surface area contributed by atoms with Gasteiger partial charge < -0.3 is 15.4 Å². The second kappa shape index (κ2) is 6.31. The first-order chi connectivity index (χ1) is 7.27. The SMILES string of the molecule is COCCN(CCN)c1ncc(C)cn1. The number of nitrogens with zero attached hydrogens (tertiary/aromatic N) is 3. The van der Waals surface area contributed by atoms with Crippen LogP contribution < -0.4 is 10.6 Å². The van der Waals surface area contributed by atoms with Gasteiger partial charge in [-0.3, -0.25) is 0 Å². The topological polar surface area (TPSA) is 64.3 Å². The number of rotatable bonds is 6. The van der Waals surface area contributed by atoms with Crippen LogP contribution in [-0.4, -0.2) is 43.3 Å². The molecule has 2 N–H and O–H groups in total. The molecule has 5 heteroatoms. The number of nitrogens with two attached hydrogens (primary N) is 1. The van der Waals surface area contributed by atoms with Gasteiger partial charge in [-0.1, -0.05) is 0 Å². The third-order valence-electron chi connectivity index (χ3n) is 2.01. The van der Waals surface area contributed by atoms with Crippen molar-refractivity contribution in [1.29, 1.82) is 0 Å². The molecule has 0 aromatic carbocycles. The highest BCUT2D eigenvalue weighted by Crippen LogP contribution is 2.05. The first-order valence-electron chi connectivity index (χ1n) is 5.00. The Bertz CT molecular complexity index is 275. The van der Waals surface area contributed by atoms with Crippen LogP contribution >= 0.6 is 0 Å². The van der Waals surface area contributed by atoms with E-state index in [1.165, 1.54) is 0 Å². The van der Waals surface area contributed by atoms with Gasteiger partial charge in [0.2, 0.25) is 5.95 Å². The summed E-state index contributed by atoms with van der Waals surface area (Å²) in [6.45, 7) is 4.70. The highest BCUT2D eigenvalue weighted by Gasteiger charge is 2.07. The van der Waals surface area contributed by atoms with Gasteiger partial charge in [-0.15, -0.1) is 0 Å². The lowest BCUT2D eigenvalue weighted by Gasteiger charge is -2.21. The van der Waals surface area contributed by atoms with E-state index in [1.54, 1.807) is 19.5 Å². The van der Waals surface area contributed by atoms with E-state index in [1.807, 2.05) is 11.8 Å². The minimum Gasteiger partial charge on any atom is -0.383 e. The molecule has 1 aromatic rings. The van der Waals surface area contributed by atoms with E-state index >= 15 is 0 Å². The predicted octanol–water partition coefficient (Wildman–Crippen LogP) is 0.197. The molecule has 0 radical (unpaired) electrons. The third kappa shape index (κ3) is 3.81. The third-order valence-corrected chi connectivity index (χ3v) is 2.01. The van der Waals surface area contributed by atoms with E-state index in [9.17, 15) is 0 Å². The van der Waals surface area contributed by atoms with Gasteiger partial charge in [0.1, 0.15) is 0 Å². The molecule has 1 heterocycles. The maximum atomic E-state index is 5.53. The molecule has 0 spiro atoms. The summed E-state index contributed by atoms with van der Waals surface area (Å²) in [6.07, 6.45) is 3.61. The molecule has 0 saturated carbocycles. The van der Waals surface area contributed by atoms with Gasteiger partial charge in [0.05, 0.1) is 6.61 Å². The molecule has 15 heavy (non-hydrogen) atoms. The molecule has 5 nitrogen and oxygen atoms in total. The van der Waals surface area contributed by atoms with Crippen molar-refractivity contribution < 1.29 is 4.74 Å². The molecule has 1 rings (SSSR count). The highest BCUT2D eigenvalue weighted by molar-refractivity contribution is 5.29. The molecule has 0 aliphatic heterocycles. The van der Waals surface area contributed by atoms with Crippen molar-refractivity contribution in [2.45, 2.75) is 6.92 Å². The van der Waals surface area contributed by atoms with Crippen LogP contribution in [0.5, 0.6) is 0 Å². The summed E-state index contributed by atoms with van der Waals surface area (Å²) in [5.41, 5.74) is 6.58. The van der Waals surface area contributed by atoms with Gasteiger partial charge in [0.25, 0.3) is 0 Å². The number of hydrogen-bond donors (Lipinski definition) is 1. The van der Waals surface area contributed by atoms with Crippen molar-refractivity contribution in [2.24, 2.45) is 5.73 Å². The standard InChI is InChI=1S/C10H18N4O/c1-9-7-12-10(13-8-9)14(4-3-11)5-6-15-2/h7-8H,3-6,11H2,1-2H3. The molecule has 0 atom stereocenters. The van der Waals surface area contributed by atoms with E-state index in [-0.39, 0.29) is 0 Å². The Kier molecular flexibility index (Phi) is 5.00. The molecule has 0 amide bonds. The zero-order valence-corrected chi connectivity index (χ0v) is 9.31. The normalized spacial score (nSPS) is 10.3. The fourth-order valence-corrected chi connectivity index (χ4v) is 1.22. The van der Waals surface area contributed by atoms with Crippen LogP contribution in [0.15, 0.2) is 12.4 Å². The lowest BCUT2D eigenvalue weighted by Crippen LogP contribution is -2.33. The fraction of sp³-hybridized carbons (Fsp3) is 0.600. The van der Waals surface area contributed by atoms with Gasteiger partial charge in [-0.2, -0.15) is 0 Å². The van der Waals surface area contributed by atoms with Gasteiger partial charge in [-0.05, 0) is 12.5 Å². The molecule has 0 bridgehead atoms.